The lowest BCUT2D eigenvalue weighted by atomic mass is 10.0. The standard InChI is InChI=1S/C21H29N3O2S/c1-14-9-15(2)17(4)19(10-14)26-13-20(25)23-21-22-11-18(27-21)12-24-8-6-5-7-16(24)3/h9-11,16H,5-8,12-13H2,1-4H3,(H,22,23,25). The molecule has 1 aromatic carbocycles. The third-order valence-electron chi connectivity index (χ3n) is 5.22. The molecule has 0 saturated carbocycles. The number of benzene rings is 1. The molecule has 1 amide bonds. The van der Waals surface area contributed by atoms with Gasteiger partial charge in [-0.05, 0) is 69.8 Å². The summed E-state index contributed by atoms with van der Waals surface area (Å²) in [5.74, 6) is 0.586. The van der Waals surface area contributed by atoms with E-state index in [1.165, 1.54) is 29.7 Å². The predicted molar refractivity (Wildman–Crippen MR) is 111 cm³/mol. The van der Waals surface area contributed by atoms with Crippen molar-refractivity contribution < 1.29 is 9.53 Å². The number of likely N-dealkylation sites (tertiary alicyclic amines) is 1. The van der Waals surface area contributed by atoms with Crippen molar-refractivity contribution in [2.45, 2.75) is 59.5 Å². The minimum absolute atomic E-state index is 0.0121. The van der Waals surface area contributed by atoms with E-state index in [9.17, 15) is 4.79 Å². The fourth-order valence-electron chi connectivity index (χ4n) is 3.48. The van der Waals surface area contributed by atoms with E-state index < -0.39 is 0 Å². The summed E-state index contributed by atoms with van der Waals surface area (Å²) < 4.78 is 5.73. The molecule has 1 aliphatic heterocycles. The molecular formula is C21H29N3O2S. The van der Waals surface area contributed by atoms with Gasteiger partial charge in [-0.25, -0.2) is 4.98 Å². The molecule has 1 unspecified atom stereocenters. The number of rotatable bonds is 6. The van der Waals surface area contributed by atoms with Gasteiger partial charge in [-0.1, -0.05) is 12.5 Å². The second-order valence-corrected chi connectivity index (χ2v) is 8.60. The van der Waals surface area contributed by atoms with Gasteiger partial charge in [0.2, 0.25) is 0 Å². The molecule has 0 spiro atoms. The maximum atomic E-state index is 12.2. The van der Waals surface area contributed by atoms with Crippen LogP contribution in [0.3, 0.4) is 0 Å². The van der Waals surface area contributed by atoms with Crippen molar-refractivity contribution in [2.75, 3.05) is 18.5 Å². The van der Waals surface area contributed by atoms with Crippen molar-refractivity contribution in [3.63, 3.8) is 0 Å². The van der Waals surface area contributed by atoms with E-state index in [0.29, 0.717) is 11.2 Å². The zero-order chi connectivity index (χ0) is 19.4. The second kappa shape index (κ2) is 8.85. The van der Waals surface area contributed by atoms with Gasteiger partial charge >= 0.3 is 0 Å². The molecule has 2 heterocycles. The number of hydrogen-bond acceptors (Lipinski definition) is 5. The maximum absolute atomic E-state index is 12.2. The summed E-state index contributed by atoms with van der Waals surface area (Å²) in [5, 5.41) is 3.49. The lowest BCUT2D eigenvalue weighted by Crippen LogP contribution is -2.36. The SMILES string of the molecule is Cc1cc(C)c(C)c(OCC(=O)Nc2ncc(CN3CCCCC3C)s2)c1. The van der Waals surface area contributed by atoms with Gasteiger partial charge in [0, 0.05) is 23.7 Å². The molecule has 1 aliphatic rings. The van der Waals surface area contributed by atoms with Crippen LogP contribution in [-0.4, -0.2) is 35.0 Å². The third kappa shape index (κ3) is 5.30. The van der Waals surface area contributed by atoms with Gasteiger partial charge in [-0.2, -0.15) is 0 Å². The number of nitrogens with zero attached hydrogens (tertiary/aromatic N) is 2. The molecule has 1 N–H and O–H groups in total. The first-order valence-electron chi connectivity index (χ1n) is 9.61. The average molecular weight is 388 g/mol. The Balaban J connectivity index is 1.52. The van der Waals surface area contributed by atoms with Crippen LogP contribution in [0.1, 0.15) is 47.8 Å². The molecule has 0 bridgehead atoms. The first kappa shape index (κ1) is 19.8. The number of nitrogens with one attached hydrogen (secondary N) is 1. The zero-order valence-electron chi connectivity index (χ0n) is 16.7. The summed E-state index contributed by atoms with van der Waals surface area (Å²) >= 11 is 1.55. The summed E-state index contributed by atoms with van der Waals surface area (Å²) in [6.07, 6.45) is 5.72. The van der Waals surface area contributed by atoms with Crippen LogP contribution < -0.4 is 10.1 Å². The number of thiazole rings is 1. The molecule has 1 atom stereocenters. The molecule has 0 radical (unpaired) electrons. The Hall–Kier alpha value is -1.92. The van der Waals surface area contributed by atoms with Crippen molar-refractivity contribution in [1.29, 1.82) is 0 Å². The molecule has 2 aromatic rings. The molecule has 3 rings (SSSR count). The monoisotopic (exact) mass is 387 g/mol. The first-order valence-corrected chi connectivity index (χ1v) is 10.4. The van der Waals surface area contributed by atoms with E-state index in [1.807, 2.05) is 26.1 Å². The molecule has 146 valence electrons. The zero-order valence-corrected chi connectivity index (χ0v) is 17.5. The molecule has 1 fully saturated rings. The van der Waals surface area contributed by atoms with E-state index in [4.69, 9.17) is 4.74 Å². The lowest BCUT2D eigenvalue weighted by Gasteiger charge is -2.32. The minimum atomic E-state index is -0.180. The molecule has 5 nitrogen and oxygen atoms in total. The molecule has 1 aromatic heterocycles. The van der Waals surface area contributed by atoms with Crippen molar-refractivity contribution in [3.8, 4) is 5.75 Å². The highest BCUT2D eigenvalue weighted by Crippen LogP contribution is 2.25. The molecule has 1 saturated heterocycles. The van der Waals surface area contributed by atoms with Gasteiger partial charge in [0.15, 0.2) is 11.7 Å². The lowest BCUT2D eigenvalue weighted by molar-refractivity contribution is -0.118. The topological polar surface area (TPSA) is 54.5 Å². The second-order valence-electron chi connectivity index (χ2n) is 7.49. The highest BCUT2D eigenvalue weighted by molar-refractivity contribution is 7.15. The van der Waals surface area contributed by atoms with Gasteiger partial charge < -0.3 is 4.74 Å². The summed E-state index contributed by atoms with van der Waals surface area (Å²) in [7, 11) is 0. The largest absolute Gasteiger partial charge is 0.483 e. The quantitative estimate of drug-likeness (QED) is 0.795. The van der Waals surface area contributed by atoms with Crippen molar-refractivity contribution in [3.05, 3.63) is 39.9 Å². The number of aromatic nitrogens is 1. The highest BCUT2D eigenvalue weighted by atomic mass is 32.1. The fourth-order valence-corrected chi connectivity index (χ4v) is 4.33. The minimum Gasteiger partial charge on any atom is -0.483 e. The third-order valence-corrected chi connectivity index (χ3v) is 6.12. The summed E-state index contributed by atoms with van der Waals surface area (Å²) in [5.41, 5.74) is 3.37. The van der Waals surface area contributed by atoms with Crippen LogP contribution >= 0.6 is 11.3 Å². The highest BCUT2D eigenvalue weighted by Gasteiger charge is 2.19. The average Bonchev–Trinajstić information content (AvgIpc) is 3.05. The van der Waals surface area contributed by atoms with Gasteiger partial charge in [-0.15, -0.1) is 11.3 Å². The Bertz CT molecular complexity index is 803. The Morgan fingerprint density at radius 3 is 2.93 bits per heavy atom. The molecule has 27 heavy (non-hydrogen) atoms. The van der Waals surface area contributed by atoms with Crippen LogP contribution in [0.5, 0.6) is 5.75 Å². The maximum Gasteiger partial charge on any atom is 0.264 e. The Kier molecular flexibility index (Phi) is 6.50. The molecule has 0 aliphatic carbocycles. The summed E-state index contributed by atoms with van der Waals surface area (Å²) in [6.45, 7) is 10.4. The Morgan fingerprint density at radius 2 is 2.15 bits per heavy atom. The van der Waals surface area contributed by atoms with Crippen LogP contribution in [0.2, 0.25) is 0 Å². The first-order chi connectivity index (χ1) is 12.9. The smallest absolute Gasteiger partial charge is 0.264 e. The number of carbonyl (C=O) groups excluding carboxylic acids is 1. The Morgan fingerprint density at radius 1 is 1.33 bits per heavy atom. The van der Waals surface area contributed by atoms with Gasteiger partial charge in [0.1, 0.15) is 5.75 Å². The number of piperidine rings is 1. The van der Waals surface area contributed by atoms with Crippen molar-refractivity contribution in [1.82, 2.24) is 9.88 Å². The summed E-state index contributed by atoms with van der Waals surface area (Å²) in [6, 6.07) is 4.70. The van der Waals surface area contributed by atoms with Gasteiger partial charge in [0.05, 0.1) is 0 Å². The van der Waals surface area contributed by atoms with Gasteiger partial charge in [0.25, 0.3) is 5.91 Å². The normalized spacial score (nSPS) is 17.7. The van der Waals surface area contributed by atoms with Gasteiger partial charge in [-0.3, -0.25) is 15.0 Å². The number of hydrogen-bond donors (Lipinski definition) is 1. The van der Waals surface area contributed by atoms with Crippen LogP contribution in [0, 0.1) is 20.8 Å². The van der Waals surface area contributed by atoms with Crippen LogP contribution in [0.25, 0.3) is 0 Å². The fraction of sp³-hybridized carbons (Fsp3) is 0.524. The number of ether oxygens (including phenoxy) is 1. The van der Waals surface area contributed by atoms with E-state index in [0.717, 1.165) is 30.0 Å². The number of aryl methyl sites for hydroxylation is 2. The van der Waals surface area contributed by atoms with Crippen LogP contribution in [-0.2, 0) is 11.3 Å². The number of amides is 1. The van der Waals surface area contributed by atoms with E-state index in [2.05, 4.69) is 35.1 Å². The van der Waals surface area contributed by atoms with Crippen LogP contribution in [0.15, 0.2) is 18.3 Å². The predicted octanol–water partition coefficient (Wildman–Crippen LogP) is 4.46. The summed E-state index contributed by atoms with van der Waals surface area (Å²) in [4.78, 5) is 20.3. The number of anilines is 1. The molecular weight excluding hydrogens is 358 g/mol. The van der Waals surface area contributed by atoms with Crippen molar-refractivity contribution >= 4 is 22.4 Å². The Labute approximate surface area is 165 Å². The van der Waals surface area contributed by atoms with E-state index in [-0.39, 0.29) is 12.5 Å². The molecule has 6 heteroatoms. The number of carbonyl (C=O) groups is 1. The van der Waals surface area contributed by atoms with Crippen molar-refractivity contribution in [2.24, 2.45) is 0 Å². The van der Waals surface area contributed by atoms with E-state index in [1.54, 1.807) is 11.3 Å². The van der Waals surface area contributed by atoms with Crippen LogP contribution in [0.4, 0.5) is 5.13 Å². The van der Waals surface area contributed by atoms with E-state index >= 15 is 0 Å².